The molecule has 1 aromatic heterocycles. The van der Waals surface area contributed by atoms with E-state index in [2.05, 4.69) is 15.6 Å². The van der Waals surface area contributed by atoms with Crippen LogP contribution >= 0.6 is 11.6 Å². The van der Waals surface area contributed by atoms with Crippen molar-refractivity contribution < 1.29 is 0 Å². The minimum Gasteiger partial charge on any atom is -0.311 e. The fourth-order valence-corrected chi connectivity index (χ4v) is 1.51. The second-order valence-electron chi connectivity index (χ2n) is 3.47. The molecule has 0 aliphatic heterocycles. The molecule has 5 heteroatoms. The van der Waals surface area contributed by atoms with Gasteiger partial charge in [0.25, 0.3) is 0 Å². The third-order valence-electron chi connectivity index (χ3n) is 2.23. The van der Waals surface area contributed by atoms with E-state index in [0.29, 0.717) is 0 Å². The van der Waals surface area contributed by atoms with Crippen molar-refractivity contribution in [2.24, 2.45) is 0 Å². The molecule has 0 saturated heterocycles. The maximum absolute atomic E-state index is 5.80. The van der Waals surface area contributed by atoms with Crippen LogP contribution in [0.1, 0.15) is 5.56 Å². The molecular weight excluding hydrogens is 224 g/mol. The molecule has 0 bridgehead atoms. The number of rotatable bonds is 5. The van der Waals surface area contributed by atoms with Crippen LogP contribution in [-0.2, 0) is 13.1 Å². The van der Waals surface area contributed by atoms with Crippen LogP contribution in [0.15, 0.2) is 36.7 Å². The highest BCUT2D eigenvalue weighted by molar-refractivity contribution is 6.30. The monoisotopic (exact) mass is 236 g/mol. The SMILES string of the molecule is Clc1ccc(CNCCn2ccnn2)cc1. The highest BCUT2D eigenvalue weighted by Gasteiger charge is 1.94. The molecule has 0 aliphatic carbocycles. The van der Waals surface area contributed by atoms with Gasteiger partial charge >= 0.3 is 0 Å². The summed E-state index contributed by atoms with van der Waals surface area (Å²) < 4.78 is 1.80. The summed E-state index contributed by atoms with van der Waals surface area (Å²) in [5.74, 6) is 0. The topological polar surface area (TPSA) is 42.7 Å². The van der Waals surface area contributed by atoms with Crippen LogP contribution in [-0.4, -0.2) is 21.5 Å². The van der Waals surface area contributed by atoms with Gasteiger partial charge in [-0.3, -0.25) is 4.68 Å². The Kier molecular flexibility index (Phi) is 3.91. The average molecular weight is 237 g/mol. The zero-order valence-electron chi connectivity index (χ0n) is 8.81. The van der Waals surface area contributed by atoms with Crippen LogP contribution in [0.5, 0.6) is 0 Å². The first-order chi connectivity index (χ1) is 7.84. The van der Waals surface area contributed by atoms with Gasteiger partial charge in [0.1, 0.15) is 0 Å². The van der Waals surface area contributed by atoms with Gasteiger partial charge in [0.2, 0.25) is 0 Å². The fraction of sp³-hybridized carbons (Fsp3) is 0.273. The minimum atomic E-state index is 0.770. The molecule has 0 unspecified atom stereocenters. The Morgan fingerprint density at radius 1 is 1.25 bits per heavy atom. The Morgan fingerprint density at radius 2 is 2.06 bits per heavy atom. The summed E-state index contributed by atoms with van der Waals surface area (Å²) in [5, 5.41) is 11.7. The van der Waals surface area contributed by atoms with Gasteiger partial charge in [0.15, 0.2) is 0 Å². The number of aromatic nitrogens is 3. The van der Waals surface area contributed by atoms with Crippen LogP contribution in [0.2, 0.25) is 5.02 Å². The molecule has 1 N–H and O–H groups in total. The molecule has 16 heavy (non-hydrogen) atoms. The molecule has 1 heterocycles. The lowest BCUT2D eigenvalue weighted by Gasteiger charge is -2.04. The lowest BCUT2D eigenvalue weighted by Crippen LogP contribution is -2.19. The third-order valence-corrected chi connectivity index (χ3v) is 2.48. The van der Waals surface area contributed by atoms with Gasteiger partial charge in [-0.15, -0.1) is 5.10 Å². The Hall–Kier alpha value is -1.39. The van der Waals surface area contributed by atoms with Crippen LogP contribution < -0.4 is 5.32 Å². The van der Waals surface area contributed by atoms with E-state index in [9.17, 15) is 0 Å². The van der Waals surface area contributed by atoms with Gasteiger partial charge in [-0.05, 0) is 17.7 Å². The molecule has 4 nitrogen and oxygen atoms in total. The predicted molar refractivity (Wildman–Crippen MR) is 63.2 cm³/mol. The van der Waals surface area contributed by atoms with E-state index in [0.717, 1.165) is 24.7 Å². The summed E-state index contributed by atoms with van der Waals surface area (Å²) in [6, 6.07) is 7.83. The Morgan fingerprint density at radius 3 is 2.75 bits per heavy atom. The molecule has 0 radical (unpaired) electrons. The number of nitrogens with zero attached hydrogens (tertiary/aromatic N) is 3. The van der Waals surface area contributed by atoms with Crippen molar-refractivity contribution in [3.63, 3.8) is 0 Å². The lowest BCUT2D eigenvalue weighted by atomic mass is 10.2. The molecule has 84 valence electrons. The fourth-order valence-electron chi connectivity index (χ4n) is 1.38. The van der Waals surface area contributed by atoms with Gasteiger partial charge < -0.3 is 5.32 Å². The van der Waals surface area contributed by atoms with Crippen LogP contribution in [0, 0.1) is 0 Å². The van der Waals surface area contributed by atoms with E-state index in [-0.39, 0.29) is 0 Å². The van der Waals surface area contributed by atoms with Crippen molar-refractivity contribution in [3.8, 4) is 0 Å². The quantitative estimate of drug-likeness (QED) is 0.804. The highest BCUT2D eigenvalue weighted by atomic mass is 35.5. The van der Waals surface area contributed by atoms with E-state index in [1.165, 1.54) is 5.56 Å². The first-order valence-corrected chi connectivity index (χ1v) is 5.51. The van der Waals surface area contributed by atoms with Crippen LogP contribution in [0.4, 0.5) is 0 Å². The van der Waals surface area contributed by atoms with E-state index >= 15 is 0 Å². The van der Waals surface area contributed by atoms with Crippen molar-refractivity contribution in [2.75, 3.05) is 6.54 Å². The first kappa shape index (κ1) is 11.1. The molecule has 0 spiro atoms. The van der Waals surface area contributed by atoms with Gasteiger partial charge in [0.05, 0.1) is 12.7 Å². The van der Waals surface area contributed by atoms with Gasteiger partial charge in [-0.25, -0.2) is 0 Å². The smallest absolute Gasteiger partial charge is 0.0692 e. The van der Waals surface area contributed by atoms with E-state index in [1.54, 1.807) is 10.9 Å². The Labute approximate surface area is 99.2 Å². The van der Waals surface area contributed by atoms with Crippen molar-refractivity contribution >= 4 is 11.6 Å². The highest BCUT2D eigenvalue weighted by Crippen LogP contribution is 2.08. The number of hydrogen-bond donors (Lipinski definition) is 1. The standard InChI is InChI=1S/C11H13ClN4/c12-11-3-1-10(2-4-11)9-13-5-7-16-8-6-14-15-16/h1-4,6,8,13H,5,7,9H2. The summed E-state index contributed by atoms with van der Waals surface area (Å²) in [7, 11) is 0. The second-order valence-corrected chi connectivity index (χ2v) is 3.91. The predicted octanol–water partition coefficient (Wildman–Crippen LogP) is 1.72. The molecule has 0 amide bonds. The molecule has 0 atom stereocenters. The molecule has 0 aliphatic rings. The van der Waals surface area contributed by atoms with Crippen LogP contribution in [0.25, 0.3) is 0 Å². The van der Waals surface area contributed by atoms with Gasteiger partial charge in [0, 0.05) is 24.3 Å². The van der Waals surface area contributed by atoms with E-state index < -0.39 is 0 Å². The van der Waals surface area contributed by atoms with E-state index in [1.807, 2.05) is 30.5 Å². The molecular formula is C11H13ClN4. The zero-order valence-corrected chi connectivity index (χ0v) is 9.56. The average Bonchev–Trinajstić information content (AvgIpc) is 2.80. The second kappa shape index (κ2) is 5.63. The molecule has 2 aromatic rings. The molecule has 1 aromatic carbocycles. The minimum absolute atomic E-state index is 0.770. The summed E-state index contributed by atoms with van der Waals surface area (Å²) in [6.45, 7) is 2.53. The third kappa shape index (κ3) is 3.32. The first-order valence-electron chi connectivity index (χ1n) is 5.14. The van der Waals surface area contributed by atoms with Gasteiger partial charge in [-0.2, -0.15) is 0 Å². The van der Waals surface area contributed by atoms with Gasteiger partial charge in [-0.1, -0.05) is 28.9 Å². The maximum atomic E-state index is 5.80. The summed E-state index contributed by atoms with van der Waals surface area (Å²) in [4.78, 5) is 0. The number of benzene rings is 1. The molecule has 2 rings (SSSR count). The van der Waals surface area contributed by atoms with Crippen molar-refractivity contribution in [3.05, 3.63) is 47.2 Å². The number of halogens is 1. The summed E-state index contributed by atoms with van der Waals surface area (Å²) in [5.41, 5.74) is 1.22. The summed E-state index contributed by atoms with van der Waals surface area (Å²) in [6.07, 6.45) is 3.53. The lowest BCUT2D eigenvalue weighted by molar-refractivity contribution is 0.540. The van der Waals surface area contributed by atoms with E-state index in [4.69, 9.17) is 11.6 Å². The molecule has 0 fully saturated rings. The maximum Gasteiger partial charge on any atom is 0.0692 e. The van der Waals surface area contributed by atoms with Crippen molar-refractivity contribution in [2.45, 2.75) is 13.1 Å². The normalized spacial score (nSPS) is 10.6. The summed E-state index contributed by atoms with van der Waals surface area (Å²) >= 11 is 5.80. The van der Waals surface area contributed by atoms with Crippen molar-refractivity contribution in [1.82, 2.24) is 20.3 Å². The number of hydrogen-bond acceptors (Lipinski definition) is 3. The molecule has 0 saturated carbocycles. The Balaban J connectivity index is 1.70. The van der Waals surface area contributed by atoms with Crippen LogP contribution in [0.3, 0.4) is 0 Å². The Bertz CT molecular complexity index is 410. The largest absolute Gasteiger partial charge is 0.311 e. The zero-order chi connectivity index (χ0) is 11.2. The van der Waals surface area contributed by atoms with Crippen molar-refractivity contribution in [1.29, 1.82) is 0 Å². The number of nitrogens with one attached hydrogen (secondary N) is 1.